The van der Waals surface area contributed by atoms with E-state index in [1.807, 2.05) is 0 Å². The van der Waals surface area contributed by atoms with Crippen LogP contribution in [0.4, 0.5) is 0 Å². The van der Waals surface area contributed by atoms with E-state index < -0.39 is 0 Å². The van der Waals surface area contributed by atoms with Crippen molar-refractivity contribution in [1.29, 1.82) is 0 Å². The Hall–Kier alpha value is -0.530. The molecule has 1 fully saturated rings. The van der Waals surface area contributed by atoms with E-state index in [0.29, 0.717) is 5.92 Å². The maximum absolute atomic E-state index is 5.77. The summed E-state index contributed by atoms with van der Waals surface area (Å²) in [6.45, 7) is 5.47. The number of aliphatic imine (C=N–C) groups is 1. The summed E-state index contributed by atoms with van der Waals surface area (Å²) >= 11 is 0. The van der Waals surface area contributed by atoms with Crippen LogP contribution in [0, 0.1) is 11.8 Å². The van der Waals surface area contributed by atoms with E-state index in [1.54, 1.807) is 0 Å². The van der Waals surface area contributed by atoms with Gasteiger partial charge >= 0.3 is 0 Å². The number of hydrogen-bond acceptors (Lipinski definition) is 1. The van der Waals surface area contributed by atoms with Crippen LogP contribution in [0.1, 0.15) is 46.0 Å². The van der Waals surface area contributed by atoms with E-state index in [1.165, 1.54) is 32.1 Å². The van der Waals surface area contributed by atoms with E-state index in [-0.39, 0.29) is 0 Å². The molecule has 1 rings (SSSR count). The summed E-state index contributed by atoms with van der Waals surface area (Å²) in [4.78, 5) is 4.38. The van der Waals surface area contributed by atoms with Crippen molar-refractivity contribution in [3.8, 4) is 0 Å². The summed E-state index contributed by atoms with van der Waals surface area (Å²) in [6.07, 6.45) is 6.34. The Kier molecular flexibility index (Phi) is 4.26. The fourth-order valence-electron chi connectivity index (χ4n) is 1.38. The predicted molar refractivity (Wildman–Crippen MR) is 57.9 cm³/mol. The second kappa shape index (κ2) is 5.25. The van der Waals surface area contributed by atoms with Crippen molar-refractivity contribution in [2.45, 2.75) is 46.0 Å². The maximum atomic E-state index is 5.77. The first-order chi connectivity index (χ1) is 6.20. The minimum Gasteiger partial charge on any atom is -0.387 e. The van der Waals surface area contributed by atoms with Gasteiger partial charge in [0.2, 0.25) is 0 Å². The van der Waals surface area contributed by atoms with Gasteiger partial charge in [-0.25, -0.2) is 0 Å². The molecule has 0 saturated heterocycles. The Morgan fingerprint density at radius 3 is 2.62 bits per heavy atom. The van der Waals surface area contributed by atoms with Gasteiger partial charge in [-0.3, -0.25) is 4.99 Å². The highest BCUT2D eigenvalue weighted by atomic mass is 14.9. The van der Waals surface area contributed by atoms with Gasteiger partial charge in [0.05, 0.1) is 5.84 Å². The van der Waals surface area contributed by atoms with Gasteiger partial charge in [-0.1, -0.05) is 26.7 Å². The first-order valence-corrected chi connectivity index (χ1v) is 5.50. The molecule has 0 aromatic carbocycles. The van der Waals surface area contributed by atoms with Crippen molar-refractivity contribution in [3.05, 3.63) is 0 Å². The van der Waals surface area contributed by atoms with Crippen LogP contribution in [0.15, 0.2) is 4.99 Å². The lowest BCUT2D eigenvalue weighted by Crippen LogP contribution is -2.14. The van der Waals surface area contributed by atoms with Crippen LogP contribution in [0.25, 0.3) is 0 Å². The molecule has 0 spiro atoms. The van der Waals surface area contributed by atoms with E-state index in [4.69, 9.17) is 5.73 Å². The molecule has 0 heterocycles. The smallest absolute Gasteiger partial charge is 0.0968 e. The third kappa shape index (κ3) is 4.91. The van der Waals surface area contributed by atoms with Crippen LogP contribution < -0.4 is 5.73 Å². The molecule has 0 bridgehead atoms. The number of unbranched alkanes of at least 4 members (excludes halogenated alkanes) is 1. The number of nitrogens with two attached hydrogens (primary N) is 1. The normalized spacial score (nSPS) is 18.2. The largest absolute Gasteiger partial charge is 0.387 e. The molecule has 0 aromatic heterocycles. The average molecular weight is 182 g/mol. The van der Waals surface area contributed by atoms with Crippen LogP contribution >= 0.6 is 0 Å². The van der Waals surface area contributed by atoms with Gasteiger partial charge in [0.1, 0.15) is 0 Å². The molecule has 1 aliphatic carbocycles. The lowest BCUT2D eigenvalue weighted by molar-refractivity contribution is 0.541. The minimum atomic E-state index is 0.644. The van der Waals surface area contributed by atoms with Crippen LogP contribution in [0.5, 0.6) is 0 Å². The van der Waals surface area contributed by atoms with Crippen molar-refractivity contribution in [3.63, 3.8) is 0 Å². The molecule has 13 heavy (non-hydrogen) atoms. The Labute approximate surface area is 81.6 Å². The highest BCUT2D eigenvalue weighted by Crippen LogP contribution is 2.28. The number of rotatable bonds is 6. The lowest BCUT2D eigenvalue weighted by atomic mass is 10.1. The quantitative estimate of drug-likeness (QED) is 0.383. The van der Waals surface area contributed by atoms with Crippen molar-refractivity contribution in [2.24, 2.45) is 22.6 Å². The summed E-state index contributed by atoms with van der Waals surface area (Å²) < 4.78 is 0. The molecule has 1 aliphatic rings. The van der Waals surface area contributed by atoms with Crippen LogP contribution in [-0.2, 0) is 0 Å². The highest BCUT2D eigenvalue weighted by molar-refractivity contribution is 5.84. The van der Waals surface area contributed by atoms with Crippen molar-refractivity contribution < 1.29 is 0 Å². The van der Waals surface area contributed by atoms with Crippen LogP contribution in [-0.4, -0.2) is 12.4 Å². The van der Waals surface area contributed by atoms with Crippen molar-refractivity contribution in [1.82, 2.24) is 0 Å². The molecular weight excluding hydrogens is 160 g/mol. The van der Waals surface area contributed by atoms with Gasteiger partial charge in [-0.2, -0.15) is 0 Å². The monoisotopic (exact) mass is 182 g/mol. The van der Waals surface area contributed by atoms with Gasteiger partial charge in [-0.05, 0) is 25.2 Å². The Bertz CT molecular complexity index is 169. The Morgan fingerprint density at radius 2 is 2.08 bits per heavy atom. The summed E-state index contributed by atoms with van der Waals surface area (Å²) in [6, 6.07) is 0. The molecule has 2 heteroatoms. The molecule has 76 valence electrons. The van der Waals surface area contributed by atoms with Crippen molar-refractivity contribution in [2.75, 3.05) is 6.54 Å². The predicted octanol–water partition coefficient (Wildman–Crippen LogP) is 2.58. The summed E-state index contributed by atoms with van der Waals surface area (Å²) in [5.41, 5.74) is 5.77. The topological polar surface area (TPSA) is 38.4 Å². The number of hydrogen-bond donors (Lipinski definition) is 1. The molecule has 2 N–H and O–H groups in total. The highest BCUT2D eigenvalue weighted by Gasteiger charge is 2.24. The molecule has 0 amide bonds. The first kappa shape index (κ1) is 10.6. The fourth-order valence-corrected chi connectivity index (χ4v) is 1.38. The second-order valence-corrected chi connectivity index (χ2v) is 4.47. The standard InChI is InChI=1S/C11H22N2/c1-9(2)5-3-4-8-13-11(12)10-6-7-10/h9-10H,3-8H2,1-2H3,(H2,12,13). The summed E-state index contributed by atoms with van der Waals surface area (Å²) in [5.74, 6) is 2.37. The minimum absolute atomic E-state index is 0.644. The third-order valence-electron chi connectivity index (χ3n) is 2.48. The van der Waals surface area contributed by atoms with E-state index in [0.717, 1.165) is 18.3 Å². The van der Waals surface area contributed by atoms with Gasteiger partial charge in [-0.15, -0.1) is 0 Å². The van der Waals surface area contributed by atoms with Gasteiger partial charge < -0.3 is 5.73 Å². The maximum Gasteiger partial charge on any atom is 0.0968 e. The van der Waals surface area contributed by atoms with Gasteiger partial charge in [0.15, 0.2) is 0 Å². The van der Waals surface area contributed by atoms with Gasteiger partial charge in [0, 0.05) is 12.5 Å². The second-order valence-electron chi connectivity index (χ2n) is 4.47. The van der Waals surface area contributed by atoms with Crippen LogP contribution in [0.2, 0.25) is 0 Å². The molecule has 0 atom stereocenters. The molecular formula is C11H22N2. The Balaban J connectivity index is 1.96. The third-order valence-corrected chi connectivity index (χ3v) is 2.48. The number of amidine groups is 1. The lowest BCUT2D eigenvalue weighted by Gasteiger charge is -2.02. The molecule has 0 unspecified atom stereocenters. The van der Waals surface area contributed by atoms with E-state index >= 15 is 0 Å². The summed E-state index contributed by atoms with van der Waals surface area (Å²) in [5, 5.41) is 0. The Morgan fingerprint density at radius 1 is 1.38 bits per heavy atom. The number of nitrogens with zero attached hydrogens (tertiary/aromatic N) is 1. The summed E-state index contributed by atoms with van der Waals surface area (Å²) in [7, 11) is 0. The molecule has 0 aromatic rings. The SMILES string of the molecule is CC(C)CCCCN=C(N)C1CC1. The van der Waals surface area contributed by atoms with Crippen molar-refractivity contribution >= 4 is 5.84 Å². The average Bonchev–Trinajstić information content (AvgIpc) is 2.85. The first-order valence-electron chi connectivity index (χ1n) is 5.50. The van der Waals surface area contributed by atoms with E-state index in [9.17, 15) is 0 Å². The molecule has 0 aliphatic heterocycles. The molecule has 2 nitrogen and oxygen atoms in total. The van der Waals surface area contributed by atoms with Crippen LogP contribution in [0.3, 0.4) is 0 Å². The molecule has 1 saturated carbocycles. The zero-order chi connectivity index (χ0) is 9.68. The zero-order valence-corrected chi connectivity index (χ0v) is 8.92. The zero-order valence-electron chi connectivity index (χ0n) is 8.92. The molecule has 0 radical (unpaired) electrons. The fraction of sp³-hybridized carbons (Fsp3) is 0.909. The van der Waals surface area contributed by atoms with E-state index in [2.05, 4.69) is 18.8 Å². The van der Waals surface area contributed by atoms with Gasteiger partial charge in [0.25, 0.3) is 0 Å².